The van der Waals surface area contributed by atoms with Gasteiger partial charge in [0.2, 0.25) is 5.91 Å². The van der Waals surface area contributed by atoms with Gasteiger partial charge in [-0.25, -0.2) is 4.79 Å². The fourth-order valence-corrected chi connectivity index (χ4v) is 5.29. The molecule has 0 unspecified atom stereocenters. The van der Waals surface area contributed by atoms with E-state index in [9.17, 15) is 19.5 Å². The van der Waals surface area contributed by atoms with Gasteiger partial charge in [-0.1, -0.05) is 18.2 Å². The van der Waals surface area contributed by atoms with Crippen LogP contribution in [-0.4, -0.2) is 89.1 Å². The SMILES string of the molecule is COCCCn1cc(CN(C(=O)[C@H]2CN(C(=O)OC(C)(C)C)C[C@@H](C(=O)OC)[C@H]2O)C2CC2)c2ccccc21. The number of piperidine rings is 1. The Morgan fingerprint density at radius 1 is 1.08 bits per heavy atom. The second kappa shape index (κ2) is 12.0. The predicted molar refractivity (Wildman–Crippen MR) is 145 cm³/mol. The second-order valence-electron chi connectivity index (χ2n) is 11.5. The van der Waals surface area contributed by atoms with Gasteiger partial charge < -0.3 is 33.7 Å². The van der Waals surface area contributed by atoms with Gasteiger partial charge in [-0.2, -0.15) is 0 Å². The topological polar surface area (TPSA) is 111 Å². The van der Waals surface area contributed by atoms with Gasteiger partial charge in [0.15, 0.2) is 0 Å². The van der Waals surface area contributed by atoms with E-state index >= 15 is 0 Å². The van der Waals surface area contributed by atoms with Crippen molar-refractivity contribution in [3.63, 3.8) is 0 Å². The Hall–Kier alpha value is -3.11. The van der Waals surface area contributed by atoms with Gasteiger partial charge >= 0.3 is 12.1 Å². The Morgan fingerprint density at radius 3 is 2.41 bits per heavy atom. The molecule has 2 amide bonds. The van der Waals surface area contributed by atoms with Crippen molar-refractivity contribution in [1.29, 1.82) is 0 Å². The highest BCUT2D eigenvalue weighted by atomic mass is 16.6. The van der Waals surface area contributed by atoms with Crippen LogP contribution in [0.25, 0.3) is 10.9 Å². The number of amides is 2. The highest BCUT2D eigenvalue weighted by Gasteiger charge is 2.48. The van der Waals surface area contributed by atoms with Crippen LogP contribution >= 0.6 is 0 Å². The molecule has 10 nitrogen and oxygen atoms in total. The number of rotatable bonds is 9. The number of aryl methyl sites for hydroxylation is 1. The lowest BCUT2D eigenvalue weighted by Gasteiger charge is -2.41. The largest absolute Gasteiger partial charge is 0.469 e. The van der Waals surface area contributed by atoms with Crippen molar-refractivity contribution in [3.05, 3.63) is 36.0 Å². The number of hydrogen-bond donors (Lipinski definition) is 1. The predicted octanol–water partition coefficient (Wildman–Crippen LogP) is 3.19. The van der Waals surface area contributed by atoms with Crippen LogP contribution in [0.5, 0.6) is 0 Å². The third-order valence-corrected chi connectivity index (χ3v) is 7.36. The minimum Gasteiger partial charge on any atom is -0.469 e. The first-order valence-corrected chi connectivity index (χ1v) is 13.6. The number of methoxy groups -OCH3 is 2. The molecule has 3 atom stereocenters. The lowest BCUT2D eigenvalue weighted by Crippen LogP contribution is -2.59. The summed E-state index contributed by atoms with van der Waals surface area (Å²) in [6.07, 6.45) is 2.79. The molecular weight excluding hydrogens is 502 g/mol. The highest BCUT2D eigenvalue weighted by Crippen LogP contribution is 2.35. The number of aromatic nitrogens is 1. The summed E-state index contributed by atoms with van der Waals surface area (Å²) in [7, 11) is 2.92. The van der Waals surface area contributed by atoms with E-state index in [0.717, 1.165) is 42.3 Å². The van der Waals surface area contributed by atoms with Gasteiger partial charge in [-0.05, 0) is 51.7 Å². The fraction of sp³-hybridized carbons (Fsp3) is 0.621. The number of likely N-dealkylation sites (tertiary alicyclic amines) is 1. The van der Waals surface area contributed by atoms with Gasteiger partial charge in [0.05, 0.1) is 19.1 Å². The number of nitrogens with zero attached hydrogens (tertiary/aromatic N) is 3. The first-order valence-electron chi connectivity index (χ1n) is 13.6. The number of para-hydroxylation sites is 1. The first kappa shape index (κ1) is 28.9. The summed E-state index contributed by atoms with van der Waals surface area (Å²) in [4.78, 5) is 42.7. The van der Waals surface area contributed by atoms with Crippen molar-refractivity contribution in [2.24, 2.45) is 11.8 Å². The normalized spacial score (nSPS) is 21.6. The summed E-state index contributed by atoms with van der Waals surface area (Å²) in [5, 5.41) is 12.3. The summed E-state index contributed by atoms with van der Waals surface area (Å²) in [5.41, 5.74) is 1.36. The zero-order valence-electron chi connectivity index (χ0n) is 23.6. The molecule has 0 bridgehead atoms. The minimum absolute atomic E-state index is 0.0373. The molecule has 2 aliphatic rings. The lowest BCUT2D eigenvalue weighted by molar-refractivity contribution is -0.160. The second-order valence-corrected chi connectivity index (χ2v) is 11.5. The number of aliphatic hydroxyl groups is 1. The summed E-state index contributed by atoms with van der Waals surface area (Å²) < 4.78 is 17.8. The molecule has 0 radical (unpaired) electrons. The maximum atomic E-state index is 14.1. The quantitative estimate of drug-likeness (QED) is 0.382. The van der Waals surface area contributed by atoms with E-state index in [-0.39, 0.29) is 25.0 Å². The number of carbonyl (C=O) groups is 3. The van der Waals surface area contributed by atoms with Crippen molar-refractivity contribution < 1.29 is 33.7 Å². The molecule has 1 N–H and O–H groups in total. The molecule has 2 aromatic rings. The lowest BCUT2D eigenvalue weighted by atomic mass is 9.85. The van der Waals surface area contributed by atoms with E-state index < -0.39 is 35.6 Å². The van der Waals surface area contributed by atoms with Gasteiger partial charge in [0.1, 0.15) is 11.5 Å². The van der Waals surface area contributed by atoms with E-state index in [0.29, 0.717) is 13.2 Å². The molecule has 2 heterocycles. The Morgan fingerprint density at radius 2 is 1.77 bits per heavy atom. The zero-order chi connectivity index (χ0) is 28.3. The molecule has 0 spiro atoms. The molecule has 1 aromatic carbocycles. The molecule has 4 rings (SSSR count). The van der Waals surface area contributed by atoms with Crippen molar-refractivity contribution in [1.82, 2.24) is 14.4 Å². The van der Waals surface area contributed by atoms with Crippen LogP contribution < -0.4 is 0 Å². The highest BCUT2D eigenvalue weighted by molar-refractivity contribution is 5.86. The third-order valence-electron chi connectivity index (χ3n) is 7.36. The van der Waals surface area contributed by atoms with Crippen molar-refractivity contribution in [2.45, 2.75) is 70.9 Å². The van der Waals surface area contributed by atoms with E-state index in [2.05, 4.69) is 22.9 Å². The van der Waals surface area contributed by atoms with E-state index in [1.807, 2.05) is 17.0 Å². The number of aliphatic hydroxyl groups excluding tert-OH is 1. The van der Waals surface area contributed by atoms with Gasteiger partial charge in [-0.3, -0.25) is 9.59 Å². The molecule has 1 saturated heterocycles. The van der Waals surface area contributed by atoms with Crippen molar-refractivity contribution >= 4 is 28.9 Å². The fourth-order valence-electron chi connectivity index (χ4n) is 5.29. The molecule has 2 fully saturated rings. The number of ether oxygens (including phenoxy) is 3. The monoisotopic (exact) mass is 543 g/mol. The molecule has 1 aromatic heterocycles. The zero-order valence-corrected chi connectivity index (χ0v) is 23.6. The maximum Gasteiger partial charge on any atom is 0.410 e. The number of fused-ring (bicyclic) bond motifs is 1. The number of benzene rings is 1. The first-order chi connectivity index (χ1) is 18.5. The Bertz CT molecular complexity index is 1180. The number of hydrogen-bond acceptors (Lipinski definition) is 7. The Kier molecular flexibility index (Phi) is 8.86. The van der Waals surface area contributed by atoms with Crippen molar-refractivity contribution in [2.75, 3.05) is 33.9 Å². The number of carbonyl (C=O) groups excluding carboxylic acids is 3. The smallest absolute Gasteiger partial charge is 0.410 e. The van der Waals surface area contributed by atoms with Crippen LogP contribution in [-0.2, 0) is 36.9 Å². The maximum absolute atomic E-state index is 14.1. The molecule has 214 valence electrons. The third kappa shape index (κ3) is 6.73. The molecule has 1 saturated carbocycles. The minimum atomic E-state index is -1.28. The van der Waals surface area contributed by atoms with Gasteiger partial charge in [0.25, 0.3) is 0 Å². The van der Waals surface area contributed by atoms with E-state index in [1.165, 1.54) is 12.0 Å². The summed E-state index contributed by atoms with van der Waals surface area (Å²) in [5.74, 6) is -2.96. The average Bonchev–Trinajstić information content (AvgIpc) is 3.68. The summed E-state index contributed by atoms with van der Waals surface area (Å²) in [6.45, 7) is 6.97. The van der Waals surface area contributed by atoms with Crippen LogP contribution in [0.15, 0.2) is 30.5 Å². The van der Waals surface area contributed by atoms with Crippen LogP contribution in [0, 0.1) is 11.8 Å². The molecule has 1 aliphatic carbocycles. The Labute approximate surface area is 229 Å². The molecule has 10 heteroatoms. The summed E-state index contributed by atoms with van der Waals surface area (Å²) >= 11 is 0. The Balaban J connectivity index is 1.61. The van der Waals surface area contributed by atoms with Gasteiger partial charge in [0, 0.05) is 63.0 Å². The van der Waals surface area contributed by atoms with E-state index in [1.54, 1.807) is 27.9 Å². The van der Waals surface area contributed by atoms with Crippen LogP contribution in [0.1, 0.15) is 45.6 Å². The molecule has 1 aliphatic heterocycles. The van der Waals surface area contributed by atoms with E-state index in [4.69, 9.17) is 14.2 Å². The van der Waals surface area contributed by atoms with Crippen LogP contribution in [0.2, 0.25) is 0 Å². The molecular formula is C29H41N3O7. The summed E-state index contributed by atoms with van der Waals surface area (Å²) in [6, 6.07) is 8.16. The standard InChI is InChI=1S/C29H41N3O7/c1-29(2,3)39-28(36)31-17-22(25(33)23(18-31)27(35)38-5)26(34)32(20-11-12-20)16-19-15-30(13-8-14-37-4)24-10-7-6-9-21(19)24/h6-7,9-10,15,20,22-23,25,33H,8,11-14,16-18H2,1-5H3/t22-,23+,25-/m0/s1. The average molecular weight is 544 g/mol. The van der Waals surface area contributed by atoms with Crippen LogP contribution in [0.3, 0.4) is 0 Å². The molecule has 39 heavy (non-hydrogen) atoms. The van der Waals surface area contributed by atoms with Gasteiger partial charge in [-0.15, -0.1) is 0 Å². The van der Waals surface area contributed by atoms with Crippen LogP contribution in [0.4, 0.5) is 4.79 Å². The number of esters is 1. The van der Waals surface area contributed by atoms with Crippen molar-refractivity contribution in [3.8, 4) is 0 Å².